The minimum absolute atomic E-state index is 0.451. The number of aryl methyl sites for hydroxylation is 1. The van der Waals surface area contributed by atoms with E-state index in [-0.39, 0.29) is 0 Å². The molecule has 2 aromatic heterocycles. The van der Waals surface area contributed by atoms with Crippen LogP contribution >= 0.6 is 0 Å². The first-order valence-electron chi connectivity index (χ1n) is 7.76. The number of nitrogens with zero attached hydrogens (tertiary/aromatic N) is 4. The van der Waals surface area contributed by atoms with Crippen LogP contribution in [0.15, 0.2) is 42.9 Å². The van der Waals surface area contributed by atoms with Crippen molar-refractivity contribution >= 4 is 5.95 Å². The third-order valence-electron chi connectivity index (χ3n) is 3.82. The van der Waals surface area contributed by atoms with Gasteiger partial charge in [0.25, 0.3) is 0 Å². The van der Waals surface area contributed by atoms with Gasteiger partial charge < -0.3 is 14.8 Å². The Bertz CT molecular complexity index is 870. The van der Waals surface area contributed by atoms with Gasteiger partial charge in [-0.05, 0) is 36.2 Å². The number of aromatic nitrogens is 4. The number of methoxy groups -OCH3 is 2. The first-order valence-corrected chi connectivity index (χ1v) is 7.76. The minimum atomic E-state index is 0.451. The van der Waals surface area contributed by atoms with Gasteiger partial charge in [-0.2, -0.15) is 5.10 Å². The van der Waals surface area contributed by atoms with Gasteiger partial charge in [0, 0.05) is 30.6 Å². The highest BCUT2D eigenvalue weighted by atomic mass is 16.5. The van der Waals surface area contributed by atoms with Gasteiger partial charge >= 0.3 is 0 Å². The van der Waals surface area contributed by atoms with Crippen molar-refractivity contribution in [1.82, 2.24) is 20.2 Å². The normalized spacial score (nSPS) is 10.4. The van der Waals surface area contributed by atoms with Gasteiger partial charge in [0.2, 0.25) is 5.95 Å². The first kappa shape index (κ1) is 16.6. The number of pyridine rings is 1. The Hall–Kier alpha value is -3.22. The fourth-order valence-corrected chi connectivity index (χ4v) is 2.39. The zero-order chi connectivity index (χ0) is 17.6. The molecule has 2 heterocycles. The van der Waals surface area contributed by atoms with E-state index in [4.69, 9.17) is 9.47 Å². The maximum absolute atomic E-state index is 5.43. The molecular formula is C18H19N5O2. The van der Waals surface area contributed by atoms with Crippen LogP contribution in [0.25, 0.3) is 11.3 Å². The van der Waals surface area contributed by atoms with Crippen molar-refractivity contribution in [2.45, 2.75) is 13.5 Å². The largest absolute Gasteiger partial charge is 0.497 e. The lowest BCUT2D eigenvalue weighted by atomic mass is 10.1. The molecule has 0 saturated carbocycles. The van der Waals surface area contributed by atoms with Crippen LogP contribution in [0.2, 0.25) is 0 Å². The Morgan fingerprint density at radius 1 is 1.08 bits per heavy atom. The Balaban J connectivity index is 1.83. The molecule has 0 radical (unpaired) electrons. The molecule has 3 rings (SSSR count). The summed E-state index contributed by atoms with van der Waals surface area (Å²) in [5.74, 6) is 1.83. The highest BCUT2D eigenvalue weighted by Gasteiger charge is 2.11. The van der Waals surface area contributed by atoms with Crippen molar-refractivity contribution in [3.8, 4) is 22.8 Å². The van der Waals surface area contributed by atoms with Crippen LogP contribution in [0.4, 0.5) is 5.95 Å². The summed E-state index contributed by atoms with van der Waals surface area (Å²) >= 11 is 0. The van der Waals surface area contributed by atoms with Crippen LogP contribution in [0.3, 0.4) is 0 Å². The van der Waals surface area contributed by atoms with Crippen molar-refractivity contribution in [1.29, 1.82) is 0 Å². The second-order valence-electron chi connectivity index (χ2n) is 5.39. The van der Waals surface area contributed by atoms with Crippen LogP contribution in [0.1, 0.15) is 11.1 Å². The van der Waals surface area contributed by atoms with Gasteiger partial charge in [-0.1, -0.05) is 0 Å². The van der Waals surface area contributed by atoms with Gasteiger partial charge in [0.15, 0.2) is 0 Å². The Labute approximate surface area is 146 Å². The van der Waals surface area contributed by atoms with Crippen LogP contribution in [0.5, 0.6) is 11.5 Å². The zero-order valence-electron chi connectivity index (χ0n) is 14.4. The highest BCUT2D eigenvalue weighted by Crippen LogP contribution is 2.32. The molecule has 0 bridgehead atoms. The predicted octanol–water partition coefficient (Wildman–Crippen LogP) is 2.87. The van der Waals surface area contributed by atoms with E-state index in [1.54, 1.807) is 26.6 Å². The smallest absolute Gasteiger partial charge is 0.243 e. The molecule has 1 aromatic carbocycles. The van der Waals surface area contributed by atoms with Crippen LogP contribution in [-0.4, -0.2) is 34.4 Å². The molecule has 0 amide bonds. The lowest BCUT2D eigenvalue weighted by Crippen LogP contribution is -2.06. The summed E-state index contributed by atoms with van der Waals surface area (Å²) in [5, 5.41) is 11.3. The maximum atomic E-state index is 5.43. The average molecular weight is 337 g/mol. The number of hydrogen-bond donors (Lipinski definition) is 1. The topological polar surface area (TPSA) is 82.1 Å². The standard InChI is InChI=1S/C18H19N5O2/c1-12-9-19-7-6-13(12)10-20-18-22-16(11-21-23-18)15-5-4-14(24-2)8-17(15)25-3/h4-9,11H,10H2,1-3H3,(H,20,22,23). The molecule has 0 aliphatic heterocycles. The summed E-state index contributed by atoms with van der Waals surface area (Å²) in [6.45, 7) is 2.61. The van der Waals surface area contributed by atoms with E-state index >= 15 is 0 Å². The lowest BCUT2D eigenvalue weighted by molar-refractivity contribution is 0.395. The van der Waals surface area contributed by atoms with Gasteiger partial charge in [-0.15, -0.1) is 5.10 Å². The molecule has 0 aliphatic rings. The molecule has 128 valence electrons. The third kappa shape index (κ3) is 3.82. The maximum Gasteiger partial charge on any atom is 0.243 e. The molecular weight excluding hydrogens is 318 g/mol. The molecule has 3 aromatic rings. The van der Waals surface area contributed by atoms with Gasteiger partial charge in [-0.3, -0.25) is 4.98 Å². The molecule has 0 fully saturated rings. The van der Waals surface area contributed by atoms with Crippen molar-refractivity contribution in [3.63, 3.8) is 0 Å². The average Bonchev–Trinajstić information content (AvgIpc) is 2.67. The number of hydrogen-bond acceptors (Lipinski definition) is 7. The molecule has 1 N–H and O–H groups in total. The predicted molar refractivity (Wildman–Crippen MR) is 94.7 cm³/mol. The number of rotatable bonds is 6. The van der Waals surface area contributed by atoms with Crippen LogP contribution in [0, 0.1) is 6.92 Å². The summed E-state index contributed by atoms with van der Waals surface area (Å²) in [6.07, 6.45) is 5.20. The van der Waals surface area contributed by atoms with Gasteiger partial charge in [-0.25, -0.2) is 4.98 Å². The van der Waals surface area contributed by atoms with E-state index in [2.05, 4.69) is 25.5 Å². The van der Waals surface area contributed by atoms with E-state index in [1.165, 1.54) is 0 Å². The van der Waals surface area contributed by atoms with Crippen LogP contribution < -0.4 is 14.8 Å². The second-order valence-corrected chi connectivity index (χ2v) is 5.39. The molecule has 0 saturated heterocycles. The van der Waals surface area contributed by atoms with Crippen molar-refractivity contribution in [3.05, 3.63) is 54.0 Å². The SMILES string of the molecule is COc1ccc(-c2cnnc(NCc3ccncc3C)n2)c(OC)c1. The first-order chi connectivity index (χ1) is 12.2. The summed E-state index contributed by atoms with van der Waals surface area (Å²) in [5.41, 5.74) is 3.73. The van der Waals surface area contributed by atoms with Crippen molar-refractivity contribution < 1.29 is 9.47 Å². The van der Waals surface area contributed by atoms with E-state index in [9.17, 15) is 0 Å². The highest BCUT2D eigenvalue weighted by molar-refractivity contribution is 5.68. The molecule has 0 atom stereocenters. The number of anilines is 1. The third-order valence-corrected chi connectivity index (χ3v) is 3.82. The zero-order valence-corrected chi connectivity index (χ0v) is 14.4. The lowest BCUT2D eigenvalue weighted by Gasteiger charge is -2.11. The van der Waals surface area contributed by atoms with Crippen molar-refractivity contribution in [2.24, 2.45) is 0 Å². The summed E-state index contributed by atoms with van der Waals surface area (Å²) < 4.78 is 10.7. The quantitative estimate of drug-likeness (QED) is 0.740. The molecule has 0 unspecified atom stereocenters. The van der Waals surface area contributed by atoms with E-state index in [0.717, 1.165) is 16.7 Å². The Kier molecular flexibility index (Phi) is 5.03. The monoisotopic (exact) mass is 337 g/mol. The molecule has 7 heteroatoms. The summed E-state index contributed by atoms with van der Waals surface area (Å²) in [4.78, 5) is 8.62. The van der Waals surface area contributed by atoms with Gasteiger partial charge in [0.05, 0.1) is 26.1 Å². The van der Waals surface area contributed by atoms with E-state index in [1.807, 2.05) is 37.4 Å². The van der Waals surface area contributed by atoms with Gasteiger partial charge in [0.1, 0.15) is 11.5 Å². The number of nitrogens with one attached hydrogen (secondary N) is 1. The fourth-order valence-electron chi connectivity index (χ4n) is 2.39. The fraction of sp³-hybridized carbons (Fsp3) is 0.222. The molecule has 0 spiro atoms. The minimum Gasteiger partial charge on any atom is -0.497 e. The number of ether oxygens (including phenoxy) is 2. The number of benzene rings is 1. The summed E-state index contributed by atoms with van der Waals surface area (Å²) in [7, 11) is 3.22. The second kappa shape index (κ2) is 7.57. The van der Waals surface area contributed by atoms with E-state index < -0.39 is 0 Å². The Morgan fingerprint density at radius 3 is 2.72 bits per heavy atom. The van der Waals surface area contributed by atoms with Crippen LogP contribution in [-0.2, 0) is 6.54 Å². The molecule has 0 aliphatic carbocycles. The molecule has 25 heavy (non-hydrogen) atoms. The summed E-state index contributed by atoms with van der Waals surface area (Å²) in [6, 6.07) is 7.52. The van der Waals surface area contributed by atoms with E-state index in [0.29, 0.717) is 29.7 Å². The Morgan fingerprint density at radius 2 is 1.96 bits per heavy atom. The van der Waals surface area contributed by atoms with Crippen molar-refractivity contribution in [2.75, 3.05) is 19.5 Å². The molecule has 7 nitrogen and oxygen atoms in total.